The normalized spacial score (nSPS) is 7.20. The number of halogens is 4. The second kappa shape index (κ2) is 6.04. The van der Waals surface area contributed by atoms with Gasteiger partial charge in [0.05, 0.1) is 0 Å². The van der Waals surface area contributed by atoms with Gasteiger partial charge in [0.1, 0.15) is 0 Å². The number of hydrogen-bond acceptors (Lipinski definition) is 0. The van der Waals surface area contributed by atoms with Crippen LogP contribution in [0, 0.1) is 0 Å². The van der Waals surface area contributed by atoms with Gasteiger partial charge >= 0.3 is 43.7 Å². The van der Waals surface area contributed by atoms with Crippen LogP contribution in [0.15, 0.2) is 0 Å². The van der Waals surface area contributed by atoms with E-state index in [1.54, 1.807) is 0 Å². The minimum absolute atomic E-state index is 0. The van der Waals surface area contributed by atoms with Gasteiger partial charge in [0.15, 0.2) is 0 Å². The van der Waals surface area contributed by atoms with E-state index in [1.165, 1.54) is 0 Å². The molecule has 5 heavy (non-hydrogen) atoms. The van der Waals surface area contributed by atoms with E-state index in [0.717, 1.165) is 0 Å². The summed E-state index contributed by atoms with van der Waals surface area (Å²) in [6, 6.07) is 0. The third kappa shape index (κ3) is 23.7. The molecule has 0 saturated carbocycles. The molecule has 0 aliphatic heterocycles. The van der Waals surface area contributed by atoms with Crippen molar-refractivity contribution in [1.29, 1.82) is 0 Å². The van der Waals surface area contributed by atoms with Gasteiger partial charge in [0, 0.05) is 0 Å². The van der Waals surface area contributed by atoms with Crippen LogP contribution in [-0.2, 0) is 0 Å². The third-order valence-electron chi connectivity index (χ3n) is 0. The van der Waals surface area contributed by atoms with Crippen LogP contribution in [0.5, 0.6) is 0 Å². The molecule has 0 atom stereocenters. The standard InChI is InChI=1S/Bi.4ClH/h;4*1H/q+3;;;;/p-3. The van der Waals surface area contributed by atoms with Gasteiger partial charge in [-0.05, 0) is 0 Å². The molecule has 0 aliphatic carbocycles. The second-order valence-corrected chi connectivity index (χ2v) is 15.1. The van der Waals surface area contributed by atoms with Crippen molar-refractivity contribution in [2.45, 2.75) is 0 Å². The van der Waals surface area contributed by atoms with Gasteiger partial charge < -0.3 is 0 Å². The first-order valence-corrected chi connectivity index (χ1v) is 13.3. The third-order valence-corrected chi connectivity index (χ3v) is 0. The summed E-state index contributed by atoms with van der Waals surface area (Å²) >= 11 is -2.18. The zero-order valence-corrected chi connectivity index (χ0v) is 8.55. The maximum absolute atomic E-state index is 5.01. The van der Waals surface area contributed by atoms with Crippen LogP contribution in [0.25, 0.3) is 0 Å². The maximum atomic E-state index is 5.01. The van der Waals surface area contributed by atoms with Gasteiger partial charge in [0.25, 0.3) is 0 Å². The van der Waals surface area contributed by atoms with E-state index in [1.807, 2.05) is 0 Å². The molecule has 0 bridgehead atoms. The van der Waals surface area contributed by atoms with Crippen LogP contribution < -0.4 is 0 Å². The Morgan fingerprint density at radius 3 is 1.00 bits per heavy atom. The topological polar surface area (TPSA) is 0 Å². The van der Waals surface area contributed by atoms with Crippen molar-refractivity contribution >= 4 is 56.1 Å². The van der Waals surface area contributed by atoms with E-state index in [9.17, 15) is 0 Å². The zero-order valence-electron chi connectivity index (χ0n) is 1.99. The quantitative estimate of drug-likeness (QED) is 0.586. The molecule has 0 rings (SSSR count). The predicted molar refractivity (Wildman–Crippen MR) is 30.6 cm³/mol. The molecule has 0 aliphatic rings. The fourth-order valence-electron chi connectivity index (χ4n) is 0. The summed E-state index contributed by atoms with van der Waals surface area (Å²) in [5, 5.41) is 0. The van der Waals surface area contributed by atoms with Crippen molar-refractivity contribution in [3.05, 3.63) is 0 Å². The van der Waals surface area contributed by atoms with Gasteiger partial charge in [0.2, 0.25) is 0 Å². The minimum atomic E-state index is -2.18. The molecule has 0 fully saturated rings. The zero-order chi connectivity index (χ0) is 3.58. The summed E-state index contributed by atoms with van der Waals surface area (Å²) in [4.78, 5) is 0. The molecule has 34 valence electrons. The molecular formula is HBiCl4. The summed E-state index contributed by atoms with van der Waals surface area (Å²) in [7, 11) is 15.0. The van der Waals surface area contributed by atoms with Gasteiger partial charge in [-0.2, -0.15) is 0 Å². The Labute approximate surface area is 55.5 Å². The molecule has 0 amide bonds. The number of hydrogen-bond donors (Lipinski definition) is 0. The molecule has 0 unspecified atom stereocenters. The summed E-state index contributed by atoms with van der Waals surface area (Å²) in [6.07, 6.45) is 0. The van der Waals surface area contributed by atoms with Crippen LogP contribution in [0.4, 0.5) is 0 Å². The van der Waals surface area contributed by atoms with Crippen LogP contribution in [-0.4, -0.2) is 18.2 Å². The molecule has 0 spiro atoms. The Kier molecular flexibility index (Phi) is 12.2. The molecular weight excluding hydrogens is 351 g/mol. The summed E-state index contributed by atoms with van der Waals surface area (Å²) in [5.74, 6) is 0. The molecule has 5 heteroatoms. The molecule has 0 nitrogen and oxygen atoms in total. The van der Waals surface area contributed by atoms with E-state index in [-0.39, 0.29) is 12.4 Å². The van der Waals surface area contributed by atoms with Crippen molar-refractivity contribution in [1.82, 2.24) is 0 Å². The van der Waals surface area contributed by atoms with E-state index < -0.39 is 18.2 Å². The van der Waals surface area contributed by atoms with Crippen LogP contribution in [0.2, 0.25) is 0 Å². The fourth-order valence-corrected chi connectivity index (χ4v) is 0. The van der Waals surface area contributed by atoms with Crippen LogP contribution in [0.1, 0.15) is 0 Å². The molecule has 0 aromatic rings. The Balaban J connectivity index is 0. The first-order valence-electron chi connectivity index (χ1n) is 0.507. The van der Waals surface area contributed by atoms with Crippen molar-refractivity contribution in [2.75, 3.05) is 0 Å². The molecule has 0 saturated heterocycles. The Morgan fingerprint density at radius 1 is 1.00 bits per heavy atom. The van der Waals surface area contributed by atoms with Crippen molar-refractivity contribution < 1.29 is 0 Å². The summed E-state index contributed by atoms with van der Waals surface area (Å²) in [5.41, 5.74) is 0. The molecule has 0 heterocycles. The Morgan fingerprint density at radius 2 is 1.00 bits per heavy atom. The average Bonchev–Trinajstić information content (AvgIpc) is 0.811. The molecule has 0 aromatic heterocycles. The Hall–Kier alpha value is 2.04. The van der Waals surface area contributed by atoms with Crippen molar-refractivity contribution in [2.24, 2.45) is 0 Å². The van der Waals surface area contributed by atoms with Gasteiger partial charge in [-0.3, -0.25) is 0 Å². The SMILES string of the molecule is Cl.[Cl][Bi]([Cl])[Cl]. The first kappa shape index (κ1) is 10.1. The van der Waals surface area contributed by atoms with Gasteiger partial charge in [-0.15, -0.1) is 12.4 Å². The fraction of sp³-hybridized carbons (Fsp3) is 0. The molecule has 0 aromatic carbocycles. The van der Waals surface area contributed by atoms with Crippen LogP contribution in [0.3, 0.4) is 0 Å². The molecule has 0 radical (unpaired) electrons. The van der Waals surface area contributed by atoms with E-state index in [0.29, 0.717) is 0 Å². The van der Waals surface area contributed by atoms with E-state index in [4.69, 9.17) is 25.5 Å². The summed E-state index contributed by atoms with van der Waals surface area (Å²) < 4.78 is 0. The number of rotatable bonds is 0. The first-order chi connectivity index (χ1) is 1.73. The van der Waals surface area contributed by atoms with Crippen molar-refractivity contribution in [3.63, 3.8) is 0 Å². The van der Waals surface area contributed by atoms with Gasteiger partial charge in [-0.1, -0.05) is 0 Å². The van der Waals surface area contributed by atoms with Gasteiger partial charge in [-0.25, -0.2) is 0 Å². The second-order valence-electron chi connectivity index (χ2n) is 0.192. The predicted octanol–water partition coefficient (Wildman–Crippen LogP) is 2.11. The summed E-state index contributed by atoms with van der Waals surface area (Å²) in [6.45, 7) is 0. The van der Waals surface area contributed by atoms with E-state index in [2.05, 4.69) is 0 Å². The monoisotopic (exact) mass is 350 g/mol. The molecule has 0 N–H and O–H groups in total. The van der Waals surface area contributed by atoms with Crippen molar-refractivity contribution in [3.8, 4) is 0 Å². The average molecular weight is 352 g/mol. The van der Waals surface area contributed by atoms with Crippen LogP contribution >= 0.6 is 37.9 Å². The van der Waals surface area contributed by atoms with E-state index >= 15 is 0 Å². The Bertz CT molecular complexity index is 8.36.